The zero-order chi connectivity index (χ0) is 21.9. The second kappa shape index (κ2) is 9.32. The zero-order valence-electron chi connectivity index (χ0n) is 17.4. The van der Waals surface area contributed by atoms with Crippen LogP contribution in [0, 0.1) is 0 Å². The Hall–Kier alpha value is -2.87. The first-order valence-corrected chi connectivity index (χ1v) is 11.7. The molecule has 0 radical (unpaired) electrons. The van der Waals surface area contributed by atoms with Crippen LogP contribution in [0.4, 0.5) is 0 Å². The van der Waals surface area contributed by atoms with Gasteiger partial charge >= 0.3 is 0 Å². The third kappa shape index (κ3) is 4.65. The van der Waals surface area contributed by atoms with E-state index in [9.17, 15) is 4.79 Å². The van der Waals surface area contributed by atoms with Crippen molar-refractivity contribution in [3.63, 3.8) is 0 Å². The fraction of sp³-hybridized carbons (Fsp3) is 0.250. The molecule has 0 N–H and O–H groups in total. The molecule has 0 unspecified atom stereocenters. The van der Waals surface area contributed by atoms with Crippen molar-refractivity contribution in [3.05, 3.63) is 70.2 Å². The van der Waals surface area contributed by atoms with E-state index in [1.54, 1.807) is 29.6 Å². The summed E-state index contributed by atoms with van der Waals surface area (Å²) in [6.07, 6.45) is 3.36. The third-order valence-corrected chi connectivity index (χ3v) is 6.73. The highest BCUT2D eigenvalue weighted by Crippen LogP contribution is 2.40. The molecule has 3 aromatic rings. The number of thiazole rings is 1. The van der Waals surface area contributed by atoms with Gasteiger partial charge in [0.15, 0.2) is 11.5 Å². The van der Waals surface area contributed by atoms with E-state index in [2.05, 4.69) is 22.4 Å². The number of nitrogens with zero attached hydrogens (tertiary/aromatic N) is 3. The lowest BCUT2D eigenvalue weighted by molar-refractivity contribution is -0.127. The molecular formula is C24H22ClN3O3S. The Kier molecular flexibility index (Phi) is 6.12. The number of carbonyl (C=O) groups is 1. The van der Waals surface area contributed by atoms with Crippen LogP contribution in [-0.4, -0.2) is 53.7 Å². The maximum absolute atomic E-state index is 12.6. The lowest BCUT2D eigenvalue weighted by Gasteiger charge is -2.33. The molecule has 1 fully saturated rings. The summed E-state index contributed by atoms with van der Waals surface area (Å²) in [6, 6.07) is 13.8. The molecule has 1 amide bonds. The number of halogens is 1. The van der Waals surface area contributed by atoms with Crippen molar-refractivity contribution < 1.29 is 14.3 Å². The minimum absolute atomic E-state index is 0.00142. The summed E-state index contributed by atoms with van der Waals surface area (Å²) in [5, 5.41) is 3.65. The molecule has 5 rings (SSSR count). The first kappa shape index (κ1) is 21.0. The van der Waals surface area contributed by atoms with E-state index in [-0.39, 0.29) is 12.7 Å². The molecule has 0 bridgehead atoms. The topological polar surface area (TPSA) is 54.9 Å². The highest BCUT2D eigenvalue weighted by atomic mass is 35.5. The van der Waals surface area contributed by atoms with Gasteiger partial charge in [0, 0.05) is 49.7 Å². The first-order valence-electron chi connectivity index (χ1n) is 10.4. The number of hydrogen-bond acceptors (Lipinski definition) is 6. The van der Waals surface area contributed by atoms with Crippen molar-refractivity contribution in [3.8, 4) is 22.1 Å². The van der Waals surface area contributed by atoms with Gasteiger partial charge in [-0.05, 0) is 23.8 Å². The largest absolute Gasteiger partial charge is 0.454 e. The van der Waals surface area contributed by atoms with Crippen LogP contribution in [-0.2, 0) is 11.3 Å². The average molecular weight is 468 g/mol. The average Bonchev–Trinajstić information content (AvgIpc) is 3.49. The van der Waals surface area contributed by atoms with E-state index in [0.717, 1.165) is 41.5 Å². The van der Waals surface area contributed by atoms with Gasteiger partial charge in [-0.1, -0.05) is 41.9 Å². The van der Waals surface area contributed by atoms with Crippen molar-refractivity contribution in [2.24, 2.45) is 0 Å². The summed E-state index contributed by atoms with van der Waals surface area (Å²) in [5.74, 6) is 1.16. The monoisotopic (exact) mass is 467 g/mol. The summed E-state index contributed by atoms with van der Waals surface area (Å²) in [6.45, 7) is 4.01. The molecule has 3 heterocycles. The van der Waals surface area contributed by atoms with Crippen LogP contribution in [0.3, 0.4) is 0 Å². The van der Waals surface area contributed by atoms with Gasteiger partial charge in [-0.2, -0.15) is 0 Å². The van der Waals surface area contributed by atoms with Gasteiger partial charge in [-0.25, -0.2) is 4.98 Å². The van der Waals surface area contributed by atoms with Crippen molar-refractivity contribution >= 4 is 34.9 Å². The van der Waals surface area contributed by atoms with E-state index in [0.29, 0.717) is 29.6 Å². The van der Waals surface area contributed by atoms with Crippen LogP contribution in [0.15, 0.2) is 53.9 Å². The van der Waals surface area contributed by atoms with E-state index < -0.39 is 0 Å². The maximum Gasteiger partial charge on any atom is 0.246 e. The molecule has 6 nitrogen and oxygen atoms in total. The summed E-state index contributed by atoms with van der Waals surface area (Å²) in [7, 11) is 0. The van der Waals surface area contributed by atoms with Gasteiger partial charge in [0.1, 0.15) is 5.01 Å². The zero-order valence-corrected chi connectivity index (χ0v) is 18.9. The molecule has 0 aliphatic carbocycles. The molecule has 8 heteroatoms. The summed E-state index contributed by atoms with van der Waals surface area (Å²) in [5.41, 5.74) is 3.03. The third-order valence-electron chi connectivity index (χ3n) is 5.51. The fourth-order valence-corrected chi connectivity index (χ4v) is 4.90. The maximum atomic E-state index is 12.6. The number of aromatic nitrogens is 1. The Balaban J connectivity index is 1.14. The minimum Gasteiger partial charge on any atom is -0.454 e. The van der Waals surface area contributed by atoms with E-state index in [1.807, 2.05) is 29.2 Å². The van der Waals surface area contributed by atoms with Gasteiger partial charge in [0.25, 0.3) is 0 Å². The summed E-state index contributed by atoms with van der Waals surface area (Å²) in [4.78, 5) is 21.6. The molecule has 2 aliphatic rings. The van der Waals surface area contributed by atoms with Crippen LogP contribution in [0.1, 0.15) is 11.3 Å². The number of rotatable bonds is 5. The molecule has 0 saturated carbocycles. The smallest absolute Gasteiger partial charge is 0.246 e. The molecule has 2 aliphatic heterocycles. The van der Waals surface area contributed by atoms with Crippen LogP contribution in [0.2, 0.25) is 5.02 Å². The minimum atomic E-state index is -0.00142. The predicted octanol–water partition coefficient (Wildman–Crippen LogP) is 4.55. The Morgan fingerprint density at radius 1 is 1.12 bits per heavy atom. The highest BCUT2D eigenvalue weighted by Gasteiger charge is 2.21. The first-order chi connectivity index (χ1) is 15.7. The molecule has 164 valence electrons. The fourth-order valence-electron chi connectivity index (χ4n) is 3.80. The molecule has 2 aromatic carbocycles. The molecule has 0 atom stereocenters. The van der Waals surface area contributed by atoms with Gasteiger partial charge in [0.2, 0.25) is 12.7 Å². The SMILES string of the molecule is O=C(/C=C/c1cc(Cl)c2c(c1)OCO2)N1CCN(Cc2csc(-c3ccccc3)n2)CC1. The molecular weight excluding hydrogens is 446 g/mol. The number of carbonyl (C=O) groups excluding carboxylic acids is 1. The van der Waals surface area contributed by atoms with Crippen LogP contribution < -0.4 is 9.47 Å². The highest BCUT2D eigenvalue weighted by molar-refractivity contribution is 7.13. The molecule has 0 spiro atoms. The standard InChI is InChI=1S/C24H22ClN3O3S/c25-20-12-17(13-21-23(20)31-16-30-21)6-7-22(29)28-10-8-27(9-11-28)14-19-15-32-24(26-19)18-4-2-1-3-5-18/h1-7,12-13,15H,8-11,14,16H2/b7-6+. The number of ether oxygens (including phenoxy) is 2. The van der Waals surface area contributed by atoms with Crippen LogP contribution in [0.25, 0.3) is 16.6 Å². The lowest BCUT2D eigenvalue weighted by atomic mass is 10.2. The lowest BCUT2D eigenvalue weighted by Crippen LogP contribution is -2.47. The molecule has 1 aromatic heterocycles. The number of hydrogen-bond donors (Lipinski definition) is 0. The number of piperazine rings is 1. The number of fused-ring (bicyclic) bond motifs is 1. The van der Waals surface area contributed by atoms with Crippen LogP contribution in [0.5, 0.6) is 11.5 Å². The summed E-state index contributed by atoms with van der Waals surface area (Å²) < 4.78 is 10.7. The Bertz CT molecular complexity index is 1140. The molecule has 1 saturated heterocycles. The van der Waals surface area contributed by atoms with E-state index >= 15 is 0 Å². The number of benzene rings is 2. The van der Waals surface area contributed by atoms with Gasteiger partial charge < -0.3 is 14.4 Å². The number of amides is 1. The van der Waals surface area contributed by atoms with E-state index in [1.165, 1.54) is 0 Å². The second-order valence-corrected chi connectivity index (χ2v) is 8.95. The van der Waals surface area contributed by atoms with Crippen molar-refractivity contribution in [2.45, 2.75) is 6.54 Å². The normalized spacial score (nSPS) is 16.1. The van der Waals surface area contributed by atoms with Crippen molar-refractivity contribution in [1.29, 1.82) is 0 Å². The van der Waals surface area contributed by atoms with Gasteiger partial charge in [-0.15, -0.1) is 11.3 Å². The van der Waals surface area contributed by atoms with Crippen molar-refractivity contribution in [1.82, 2.24) is 14.8 Å². The molecule has 32 heavy (non-hydrogen) atoms. The Labute approximate surface area is 195 Å². The van der Waals surface area contributed by atoms with Gasteiger partial charge in [0.05, 0.1) is 10.7 Å². The quantitative estimate of drug-likeness (QED) is 0.515. The second-order valence-electron chi connectivity index (χ2n) is 7.68. The van der Waals surface area contributed by atoms with Gasteiger partial charge in [-0.3, -0.25) is 9.69 Å². The Morgan fingerprint density at radius 2 is 1.94 bits per heavy atom. The Morgan fingerprint density at radius 3 is 2.75 bits per heavy atom. The summed E-state index contributed by atoms with van der Waals surface area (Å²) >= 11 is 7.89. The predicted molar refractivity (Wildman–Crippen MR) is 126 cm³/mol. The van der Waals surface area contributed by atoms with E-state index in [4.69, 9.17) is 26.1 Å². The van der Waals surface area contributed by atoms with Crippen LogP contribution >= 0.6 is 22.9 Å². The van der Waals surface area contributed by atoms with Crippen molar-refractivity contribution in [2.75, 3.05) is 33.0 Å².